The van der Waals surface area contributed by atoms with Crippen molar-refractivity contribution in [2.45, 2.75) is 13.0 Å². The van der Waals surface area contributed by atoms with Gasteiger partial charge < -0.3 is 9.84 Å². The first kappa shape index (κ1) is 15.3. The van der Waals surface area contributed by atoms with Gasteiger partial charge in [0.05, 0.1) is 5.92 Å². The Morgan fingerprint density at radius 2 is 2.30 bits per heavy atom. The third-order valence-electron chi connectivity index (χ3n) is 3.37. The predicted molar refractivity (Wildman–Crippen MR) is 80.4 cm³/mol. The number of hydrogen-bond donors (Lipinski definition) is 2. The molecule has 9 heteroatoms. The summed E-state index contributed by atoms with van der Waals surface area (Å²) < 4.78 is 6.69. The minimum atomic E-state index is -1.04. The summed E-state index contributed by atoms with van der Waals surface area (Å²) >= 11 is 5.95. The molecule has 8 nitrogen and oxygen atoms in total. The Bertz CT molecular complexity index is 761. The lowest BCUT2D eigenvalue weighted by atomic mass is 9.96. The van der Waals surface area contributed by atoms with E-state index in [-0.39, 0.29) is 25.0 Å². The van der Waals surface area contributed by atoms with Crippen LogP contribution in [0, 0.1) is 5.92 Å². The number of benzene rings is 1. The number of anilines is 1. The Hall–Kier alpha value is -2.61. The Kier molecular flexibility index (Phi) is 4.16. The van der Waals surface area contributed by atoms with Crippen molar-refractivity contribution in [3.63, 3.8) is 0 Å². The molecule has 1 aliphatic heterocycles. The summed E-state index contributed by atoms with van der Waals surface area (Å²) in [4.78, 5) is 26.7. The van der Waals surface area contributed by atoms with Gasteiger partial charge in [0.15, 0.2) is 0 Å². The molecule has 0 saturated carbocycles. The molecular weight excluding hydrogens is 324 g/mol. The van der Waals surface area contributed by atoms with Gasteiger partial charge >= 0.3 is 5.97 Å². The van der Waals surface area contributed by atoms with Crippen molar-refractivity contribution in [3.05, 3.63) is 35.1 Å². The Balaban J connectivity index is 1.65. The van der Waals surface area contributed by atoms with E-state index in [1.54, 1.807) is 18.2 Å². The third-order valence-corrected chi connectivity index (χ3v) is 3.60. The molecule has 0 saturated heterocycles. The monoisotopic (exact) mass is 336 g/mol. The van der Waals surface area contributed by atoms with Crippen LogP contribution in [-0.2, 0) is 22.6 Å². The van der Waals surface area contributed by atoms with E-state index < -0.39 is 11.9 Å². The van der Waals surface area contributed by atoms with E-state index in [9.17, 15) is 9.59 Å². The first-order valence-electron chi connectivity index (χ1n) is 6.84. The van der Waals surface area contributed by atoms with Crippen LogP contribution in [0.1, 0.15) is 5.56 Å². The lowest BCUT2D eigenvalue weighted by Crippen LogP contribution is -2.33. The van der Waals surface area contributed by atoms with Gasteiger partial charge in [0.2, 0.25) is 11.9 Å². The second kappa shape index (κ2) is 6.25. The normalized spacial score (nSPS) is 16.3. The maximum absolute atomic E-state index is 12.3. The van der Waals surface area contributed by atoms with Gasteiger partial charge in [0.25, 0.3) is 0 Å². The number of carboxylic acid groups (broad SMARTS) is 1. The highest BCUT2D eigenvalue weighted by Gasteiger charge is 2.27. The van der Waals surface area contributed by atoms with E-state index in [0.717, 1.165) is 16.0 Å². The van der Waals surface area contributed by atoms with Crippen LogP contribution >= 0.6 is 11.6 Å². The van der Waals surface area contributed by atoms with Crippen molar-refractivity contribution in [2.75, 3.05) is 11.9 Å². The Morgan fingerprint density at radius 3 is 3.09 bits per heavy atom. The largest absolute Gasteiger partial charge is 0.492 e. The lowest BCUT2D eigenvalue weighted by Gasteiger charge is -2.24. The average molecular weight is 337 g/mol. The average Bonchev–Trinajstić information content (AvgIpc) is 2.92. The smallest absolute Gasteiger partial charge is 0.325 e. The van der Waals surface area contributed by atoms with E-state index in [1.807, 2.05) is 0 Å². The molecule has 1 aliphatic rings. The number of aromatic nitrogens is 3. The molecule has 1 atom stereocenters. The minimum Gasteiger partial charge on any atom is -0.492 e. The molecule has 2 aromatic rings. The number of nitrogens with zero attached hydrogens (tertiary/aromatic N) is 3. The van der Waals surface area contributed by atoms with Crippen molar-refractivity contribution < 1.29 is 19.4 Å². The zero-order valence-corrected chi connectivity index (χ0v) is 12.7. The summed E-state index contributed by atoms with van der Waals surface area (Å²) in [6.07, 6.45) is 1.74. The fourth-order valence-electron chi connectivity index (χ4n) is 2.31. The fraction of sp³-hybridized carbons (Fsp3) is 0.286. The summed E-state index contributed by atoms with van der Waals surface area (Å²) in [5.41, 5.74) is 0.869. The number of carbonyl (C=O) groups excluding carboxylic acids is 1. The molecule has 1 unspecified atom stereocenters. The molecule has 3 rings (SSSR count). The highest BCUT2D eigenvalue weighted by molar-refractivity contribution is 6.30. The van der Waals surface area contributed by atoms with Gasteiger partial charge in [-0.15, -0.1) is 5.10 Å². The second-order valence-corrected chi connectivity index (χ2v) is 5.55. The number of halogens is 1. The third kappa shape index (κ3) is 3.59. The fourth-order valence-corrected chi connectivity index (χ4v) is 2.51. The van der Waals surface area contributed by atoms with E-state index in [2.05, 4.69) is 15.4 Å². The van der Waals surface area contributed by atoms with Crippen LogP contribution in [0.3, 0.4) is 0 Å². The molecule has 2 heterocycles. The maximum atomic E-state index is 12.3. The van der Waals surface area contributed by atoms with Gasteiger partial charge in [0, 0.05) is 5.02 Å². The SMILES string of the molecule is O=C(O)Cn1cnc(NC(=O)C2COc3ccc(Cl)cc3C2)n1. The van der Waals surface area contributed by atoms with Crippen LogP contribution in [0.15, 0.2) is 24.5 Å². The van der Waals surface area contributed by atoms with Gasteiger partial charge in [0.1, 0.15) is 25.2 Å². The topological polar surface area (TPSA) is 106 Å². The number of rotatable bonds is 4. The summed E-state index contributed by atoms with van der Waals surface area (Å²) in [6.45, 7) is -0.0718. The number of nitrogens with one attached hydrogen (secondary N) is 1. The predicted octanol–water partition coefficient (Wildman–Crippen LogP) is 1.21. The van der Waals surface area contributed by atoms with Gasteiger partial charge in [-0.1, -0.05) is 11.6 Å². The summed E-state index contributed by atoms with van der Waals surface area (Å²) in [7, 11) is 0. The first-order chi connectivity index (χ1) is 11.0. The van der Waals surface area contributed by atoms with Crippen LogP contribution in [0.2, 0.25) is 5.02 Å². The van der Waals surface area contributed by atoms with Crippen molar-refractivity contribution in [1.29, 1.82) is 0 Å². The van der Waals surface area contributed by atoms with Crippen LogP contribution in [0.4, 0.5) is 5.95 Å². The van der Waals surface area contributed by atoms with Gasteiger partial charge in [-0.2, -0.15) is 0 Å². The number of hydrogen-bond acceptors (Lipinski definition) is 5. The molecule has 0 fully saturated rings. The highest BCUT2D eigenvalue weighted by Crippen LogP contribution is 2.30. The second-order valence-electron chi connectivity index (χ2n) is 5.11. The summed E-state index contributed by atoms with van der Waals surface area (Å²) in [5.74, 6) is -0.937. The van der Waals surface area contributed by atoms with Crippen LogP contribution < -0.4 is 10.1 Å². The lowest BCUT2D eigenvalue weighted by molar-refractivity contribution is -0.137. The van der Waals surface area contributed by atoms with Crippen molar-refractivity contribution >= 4 is 29.4 Å². The number of carbonyl (C=O) groups is 2. The standard InChI is InChI=1S/C14H13ClN4O4/c15-10-1-2-11-8(4-10)3-9(6-23-11)13(22)17-14-16-7-19(18-14)5-12(20)21/h1-2,4,7,9H,3,5-6H2,(H,20,21)(H,17,18,22). The van der Waals surface area contributed by atoms with E-state index in [1.165, 1.54) is 6.33 Å². The van der Waals surface area contributed by atoms with Crippen molar-refractivity contribution in [1.82, 2.24) is 14.8 Å². The zero-order chi connectivity index (χ0) is 16.4. The molecule has 0 aliphatic carbocycles. The minimum absolute atomic E-state index is 0.0631. The molecule has 1 aromatic carbocycles. The number of ether oxygens (including phenoxy) is 1. The molecule has 0 bridgehead atoms. The van der Waals surface area contributed by atoms with Crippen molar-refractivity contribution in [3.8, 4) is 5.75 Å². The molecule has 0 spiro atoms. The number of fused-ring (bicyclic) bond motifs is 1. The first-order valence-corrected chi connectivity index (χ1v) is 7.22. The van der Waals surface area contributed by atoms with Gasteiger partial charge in [-0.05, 0) is 30.2 Å². The molecule has 23 heavy (non-hydrogen) atoms. The maximum Gasteiger partial charge on any atom is 0.325 e. The number of carboxylic acids is 1. The summed E-state index contributed by atoms with van der Waals surface area (Å²) in [6, 6.07) is 5.29. The van der Waals surface area contributed by atoms with Crippen LogP contribution in [0.5, 0.6) is 5.75 Å². The molecule has 1 aromatic heterocycles. The van der Waals surface area contributed by atoms with E-state index in [0.29, 0.717) is 11.4 Å². The summed E-state index contributed by atoms with van der Waals surface area (Å²) in [5, 5.41) is 15.7. The molecular formula is C14H13ClN4O4. The Morgan fingerprint density at radius 1 is 1.48 bits per heavy atom. The van der Waals surface area contributed by atoms with Gasteiger partial charge in [-0.3, -0.25) is 14.9 Å². The zero-order valence-electron chi connectivity index (χ0n) is 11.9. The molecule has 1 amide bonds. The van der Waals surface area contributed by atoms with Gasteiger partial charge in [-0.25, -0.2) is 9.67 Å². The highest BCUT2D eigenvalue weighted by atomic mass is 35.5. The molecule has 0 radical (unpaired) electrons. The van der Waals surface area contributed by atoms with E-state index >= 15 is 0 Å². The van der Waals surface area contributed by atoms with Crippen LogP contribution in [-0.4, -0.2) is 38.4 Å². The van der Waals surface area contributed by atoms with Crippen LogP contribution in [0.25, 0.3) is 0 Å². The Labute approximate surface area is 136 Å². The quantitative estimate of drug-likeness (QED) is 0.869. The number of amides is 1. The molecule has 120 valence electrons. The van der Waals surface area contributed by atoms with Crippen molar-refractivity contribution in [2.24, 2.45) is 5.92 Å². The number of aliphatic carboxylic acids is 1. The van der Waals surface area contributed by atoms with E-state index in [4.69, 9.17) is 21.4 Å². The molecule has 2 N–H and O–H groups in total.